The average Bonchev–Trinajstić information content (AvgIpc) is 2.69. The van der Waals surface area contributed by atoms with Gasteiger partial charge in [-0.25, -0.2) is 0 Å². The third-order valence-electron chi connectivity index (χ3n) is 6.13. The first-order valence-corrected chi connectivity index (χ1v) is 11.3. The third kappa shape index (κ3) is 5.31. The van der Waals surface area contributed by atoms with Crippen LogP contribution in [-0.4, -0.2) is 5.78 Å². The van der Waals surface area contributed by atoms with Gasteiger partial charge in [-0.15, -0.1) is 0 Å². The minimum atomic E-state index is 0.112. The van der Waals surface area contributed by atoms with Gasteiger partial charge in [0.1, 0.15) is 0 Å². The van der Waals surface area contributed by atoms with Gasteiger partial charge in [0.05, 0.1) is 0 Å². The van der Waals surface area contributed by atoms with Gasteiger partial charge in [-0.2, -0.15) is 0 Å². The lowest BCUT2D eigenvalue weighted by Crippen LogP contribution is -2.13. The molecular weight excluding hydrogens is 396 g/mol. The molecule has 0 amide bonds. The predicted molar refractivity (Wildman–Crippen MR) is 118 cm³/mol. The van der Waals surface area contributed by atoms with Crippen molar-refractivity contribution in [3.8, 4) is 11.1 Å². The summed E-state index contributed by atoms with van der Waals surface area (Å²) in [5, 5.41) is 0. The normalized spacial score (nSPS) is 19.8. The Morgan fingerprint density at radius 1 is 1.00 bits per heavy atom. The zero-order chi connectivity index (χ0) is 19.2. The van der Waals surface area contributed by atoms with Crippen LogP contribution in [0.4, 0.5) is 0 Å². The number of carbonyl (C=O) groups is 1. The molecule has 0 aromatic heterocycles. The molecule has 1 nitrogen and oxygen atoms in total. The van der Waals surface area contributed by atoms with Crippen molar-refractivity contribution in [3.63, 3.8) is 0 Å². The van der Waals surface area contributed by atoms with Crippen LogP contribution in [0.15, 0.2) is 46.9 Å². The maximum absolute atomic E-state index is 11.5. The predicted octanol–water partition coefficient (Wildman–Crippen LogP) is 8.17. The van der Waals surface area contributed by atoms with Gasteiger partial charge in [-0.3, -0.25) is 4.79 Å². The van der Waals surface area contributed by atoms with Crippen molar-refractivity contribution in [1.82, 2.24) is 0 Å². The smallest absolute Gasteiger partial charge is 0.159 e. The second-order valence-electron chi connectivity index (χ2n) is 8.09. The van der Waals surface area contributed by atoms with Crippen LogP contribution in [0.1, 0.15) is 87.1 Å². The van der Waals surface area contributed by atoms with E-state index < -0.39 is 0 Å². The quantitative estimate of drug-likeness (QED) is 0.322. The van der Waals surface area contributed by atoms with Gasteiger partial charge in [0.15, 0.2) is 5.78 Å². The molecule has 0 heterocycles. The van der Waals surface area contributed by atoms with Crippen molar-refractivity contribution < 1.29 is 4.79 Å². The summed E-state index contributed by atoms with van der Waals surface area (Å²) in [6, 6.07) is 14.8. The average molecular weight is 427 g/mol. The summed E-state index contributed by atoms with van der Waals surface area (Å²) in [5.41, 5.74) is 4.58. The van der Waals surface area contributed by atoms with E-state index in [1.807, 2.05) is 24.3 Å². The van der Waals surface area contributed by atoms with Crippen molar-refractivity contribution in [3.05, 3.63) is 58.1 Å². The van der Waals surface area contributed by atoms with E-state index in [-0.39, 0.29) is 5.78 Å². The van der Waals surface area contributed by atoms with E-state index in [0.717, 1.165) is 21.5 Å². The Balaban J connectivity index is 1.64. The number of rotatable bonds is 7. The van der Waals surface area contributed by atoms with Gasteiger partial charge in [0.2, 0.25) is 0 Å². The van der Waals surface area contributed by atoms with Crippen LogP contribution in [0.2, 0.25) is 0 Å². The molecule has 0 atom stereocenters. The Hall–Kier alpha value is -1.41. The molecule has 3 rings (SSSR count). The molecule has 0 unspecified atom stereocenters. The van der Waals surface area contributed by atoms with Gasteiger partial charge < -0.3 is 0 Å². The second kappa shape index (κ2) is 9.68. The summed E-state index contributed by atoms with van der Waals surface area (Å²) in [5.74, 6) is 1.77. The van der Waals surface area contributed by atoms with Crippen LogP contribution < -0.4 is 0 Å². The molecule has 1 fully saturated rings. The first kappa shape index (κ1) is 20.3. The Morgan fingerprint density at radius 2 is 1.70 bits per heavy atom. The summed E-state index contributed by atoms with van der Waals surface area (Å²) >= 11 is 3.78. The van der Waals surface area contributed by atoms with E-state index in [0.29, 0.717) is 5.92 Å². The molecule has 0 bridgehead atoms. The summed E-state index contributed by atoms with van der Waals surface area (Å²) in [4.78, 5) is 11.5. The number of unbranched alkanes of at least 4 members (excludes halogenated alkanes) is 2. The zero-order valence-electron chi connectivity index (χ0n) is 16.6. The van der Waals surface area contributed by atoms with E-state index in [9.17, 15) is 4.79 Å². The fourth-order valence-electron chi connectivity index (χ4n) is 4.37. The van der Waals surface area contributed by atoms with Gasteiger partial charge in [-0.05, 0) is 67.2 Å². The molecule has 1 aliphatic rings. The summed E-state index contributed by atoms with van der Waals surface area (Å²) in [7, 11) is 0. The molecule has 27 heavy (non-hydrogen) atoms. The van der Waals surface area contributed by atoms with Crippen molar-refractivity contribution in [2.75, 3.05) is 0 Å². The highest BCUT2D eigenvalue weighted by molar-refractivity contribution is 9.10. The summed E-state index contributed by atoms with van der Waals surface area (Å²) in [6.07, 6.45) is 11.0. The van der Waals surface area contributed by atoms with Crippen LogP contribution in [0.25, 0.3) is 11.1 Å². The van der Waals surface area contributed by atoms with E-state index in [1.54, 1.807) is 6.92 Å². The van der Waals surface area contributed by atoms with Gasteiger partial charge in [0, 0.05) is 10.0 Å². The van der Waals surface area contributed by atoms with E-state index in [2.05, 4.69) is 41.1 Å². The number of halogens is 1. The lowest BCUT2D eigenvalue weighted by atomic mass is 9.77. The van der Waals surface area contributed by atoms with Gasteiger partial charge in [0.25, 0.3) is 0 Å². The molecule has 2 heteroatoms. The zero-order valence-corrected chi connectivity index (χ0v) is 18.2. The largest absolute Gasteiger partial charge is 0.295 e. The Labute approximate surface area is 172 Å². The molecule has 2 aromatic carbocycles. The molecule has 0 radical (unpaired) electrons. The van der Waals surface area contributed by atoms with E-state index >= 15 is 0 Å². The Morgan fingerprint density at radius 3 is 2.30 bits per heavy atom. The van der Waals surface area contributed by atoms with Gasteiger partial charge >= 0.3 is 0 Å². The van der Waals surface area contributed by atoms with Crippen molar-refractivity contribution in [2.45, 2.75) is 71.1 Å². The fourth-order valence-corrected chi connectivity index (χ4v) is 5.00. The molecule has 0 saturated heterocycles. The topological polar surface area (TPSA) is 17.1 Å². The molecule has 144 valence electrons. The minimum absolute atomic E-state index is 0.112. The first-order valence-electron chi connectivity index (χ1n) is 10.5. The SMILES string of the molecule is CCCCC[C@H]1CC[C@H](c2ccc(-c3ccc(C(C)=O)cc3)c(Br)c2)CC1. The maximum Gasteiger partial charge on any atom is 0.159 e. The fraction of sp³-hybridized carbons (Fsp3) is 0.480. The lowest BCUT2D eigenvalue weighted by Gasteiger charge is -2.29. The van der Waals surface area contributed by atoms with E-state index in [1.165, 1.54) is 62.5 Å². The van der Waals surface area contributed by atoms with Crippen LogP contribution in [0.5, 0.6) is 0 Å². The molecular formula is C25H31BrO. The standard InChI is InChI=1S/C25H31BrO/c1-3-4-5-6-19-7-9-21(10-8-19)23-15-16-24(25(26)17-23)22-13-11-20(12-14-22)18(2)27/h11-17,19,21H,3-10H2,1-2H3/t19-,21-. The third-order valence-corrected chi connectivity index (χ3v) is 6.79. The molecule has 0 aliphatic heterocycles. The van der Waals surface area contributed by atoms with Crippen LogP contribution in [0, 0.1) is 5.92 Å². The molecule has 0 N–H and O–H groups in total. The first-order chi connectivity index (χ1) is 13.1. The number of hydrogen-bond donors (Lipinski definition) is 0. The van der Waals surface area contributed by atoms with E-state index in [4.69, 9.17) is 0 Å². The second-order valence-corrected chi connectivity index (χ2v) is 8.94. The number of carbonyl (C=O) groups excluding carboxylic acids is 1. The Bertz CT molecular complexity index is 754. The minimum Gasteiger partial charge on any atom is -0.295 e. The monoisotopic (exact) mass is 426 g/mol. The molecule has 1 aliphatic carbocycles. The lowest BCUT2D eigenvalue weighted by molar-refractivity contribution is 0.101. The summed E-state index contributed by atoms with van der Waals surface area (Å²) in [6.45, 7) is 3.90. The molecule has 2 aromatic rings. The number of benzene rings is 2. The highest BCUT2D eigenvalue weighted by atomic mass is 79.9. The van der Waals surface area contributed by atoms with Crippen LogP contribution in [-0.2, 0) is 0 Å². The number of Topliss-reactive ketones (excluding diaryl/α,β-unsaturated/α-hetero) is 1. The molecule has 0 spiro atoms. The van der Waals surface area contributed by atoms with Gasteiger partial charge in [-0.1, -0.05) is 84.9 Å². The maximum atomic E-state index is 11.5. The van der Waals surface area contributed by atoms with Crippen molar-refractivity contribution in [1.29, 1.82) is 0 Å². The highest BCUT2D eigenvalue weighted by Crippen LogP contribution is 2.40. The van der Waals surface area contributed by atoms with Crippen LogP contribution in [0.3, 0.4) is 0 Å². The number of ketones is 1. The highest BCUT2D eigenvalue weighted by Gasteiger charge is 2.22. The molecule has 1 saturated carbocycles. The van der Waals surface area contributed by atoms with Crippen LogP contribution >= 0.6 is 15.9 Å². The summed E-state index contributed by atoms with van der Waals surface area (Å²) < 4.78 is 1.15. The number of hydrogen-bond acceptors (Lipinski definition) is 1. The van der Waals surface area contributed by atoms with Crippen molar-refractivity contribution in [2.24, 2.45) is 5.92 Å². The Kier molecular flexibility index (Phi) is 7.29. The van der Waals surface area contributed by atoms with Crippen molar-refractivity contribution >= 4 is 21.7 Å².